The molecule has 1 aliphatic rings. The minimum absolute atomic E-state index is 0.422. The largest absolute Gasteiger partial charge is 0.455 e. The Morgan fingerprint density at radius 2 is 2.42 bits per heavy atom. The molecule has 0 aromatic rings. The summed E-state index contributed by atoms with van der Waals surface area (Å²) in [6.07, 6.45) is -0.353. The molecule has 1 unspecified atom stereocenters. The fraction of sp³-hybridized carbons (Fsp3) is 0.875. The smallest absolute Gasteiger partial charge is 0.335 e. The summed E-state index contributed by atoms with van der Waals surface area (Å²) < 4.78 is 10.1. The van der Waals surface area contributed by atoms with Crippen LogP contribution in [0.15, 0.2) is 0 Å². The van der Waals surface area contributed by atoms with Gasteiger partial charge in [-0.2, -0.15) is 0 Å². The molecule has 0 saturated carbocycles. The first-order valence-corrected chi connectivity index (χ1v) is 4.02. The molecule has 1 N–H and O–H groups in total. The molecule has 1 rings (SSSR count). The summed E-state index contributed by atoms with van der Waals surface area (Å²) in [5, 5.41) is 8.88. The van der Waals surface area contributed by atoms with Gasteiger partial charge < -0.3 is 14.6 Å². The van der Waals surface area contributed by atoms with Crippen molar-refractivity contribution in [2.75, 3.05) is 13.2 Å². The van der Waals surface area contributed by atoms with Crippen LogP contribution in [0, 0.1) is 0 Å². The monoisotopic (exact) mass is 174 g/mol. The van der Waals surface area contributed by atoms with E-state index < -0.39 is 17.7 Å². The molecule has 1 aliphatic heterocycles. The first kappa shape index (κ1) is 9.48. The third kappa shape index (κ3) is 2.19. The van der Waals surface area contributed by atoms with Gasteiger partial charge in [0, 0.05) is 6.42 Å². The molecule has 0 radical (unpaired) electrons. The Balaban J connectivity index is 2.44. The second-order valence-corrected chi connectivity index (χ2v) is 3.35. The van der Waals surface area contributed by atoms with Crippen LogP contribution in [0.3, 0.4) is 0 Å². The highest BCUT2D eigenvalue weighted by Gasteiger charge is 2.34. The molecule has 0 aromatic heterocycles. The summed E-state index contributed by atoms with van der Waals surface area (Å²) in [6, 6.07) is 0. The Labute approximate surface area is 71.5 Å². The van der Waals surface area contributed by atoms with Gasteiger partial charge in [0.25, 0.3) is 0 Å². The van der Waals surface area contributed by atoms with E-state index in [4.69, 9.17) is 14.6 Å². The number of rotatable bonds is 2. The van der Waals surface area contributed by atoms with Gasteiger partial charge in [-0.15, -0.1) is 0 Å². The molecule has 1 fully saturated rings. The molecule has 0 amide bonds. The molecular formula is C8H14O4. The van der Waals surface area contributed by atoms with Crippen molar-refractivity contribution < 1.29 is 19.4 Å². The zero-order valence-electron chi connectivity index (χ0n) is 7.37. The molecule has 4 heteroatoms. The normalized spacial score (nSPS) is 31.6. The molecule has 2 atom stereocenters. The summed E-state index contributed by atoms with van der Waals surface area (Å²) in [6.45, 7) is 4.23. The van der Waals surface area contributed by atoms with E-state index in [1.54, 1.807) is 6.92 Å². The Morgan fingerprint density at radius 3 is 2.83 bits per heavy atom. The lowest BCUT2D eigenvalue weighted by Gasteiger charge is -2.22. The highest BCUT2D eigenvalue weighted by atomic mass is 16.6. The lowest BCUT2D eigenvalue weighted by molar-refractivity contribution is -0.167. The zero-order chi connectivity index (χ0) is 9.19. The number of hydrogen-bond donors (Lipinski definition) is 1. The van der Waals surface area contributed by atoms with Crippen molar-refractivity contribution in [2.24, 2.45) is 0 Å². The van der Waals surface area contributed by atoms with Crippen molar-refractivity contribution in [3.05, 3.63) is 0 Å². The van der Waals surface area contributed by atoms with Crippen molar-refractivity contribution in [1.82, 2.24) is 0 Å². The number of hydrogen-bond acceptors (Lipinski definition) is 4. The number of carbonyl (C=O) groups excluding carboxylic acids is 1. The number of aliphatic hydroxyl groups is 1. The summed E-state index contributed by atoms with van der Waals surface area (Å²) in [7, 11) is 0. The van der Waals surface area contributed by atoms with Crippen LogP contribution in [0.1, 0.15) is 20.3 Å². The summed E-state index contributed by atoms with van der Waals surface area (Å²) >= 11 is 0. The average Bonchev–Trinajstić information content (AvgIpc) is 2.35. The maximum atomic E-state index is 11.0. The van der Waals surface area contributed by atoms with Crippen molar-refractivity contribution in [1.29, 1.82) is 0 Å². The minimum Gasteiger partial charge on any atom is -0.455 e. The van der Waals surface area contributed by atoms with E-state index in [-0.39, 0.29) is 0 Å². The zero-order valence-corrected chi connectivity index (χ0v) is 7.37. The van der Waals surface area contributed by atoms with Crippen LogP contribution in [0.25, 0.3) is 0 Å². The van der Waals surface area contributed by atoms with E-state index >= 15 is 0 Å². The van der Waals surface area contributed by atoms with Crippen LogP contribution >= 0.6 is 0 Å². The van der Waals surface area contributed by atoms with Gasteiger partial charge in [-0.1, -0.05) is 0 Å². The second kappa shape index (κ2) is 3.41. The quantitative estimate of drug-likeness (QED) is 0.603. The van der Waals surface area contributed by atoms with Crippen LogP contribution < -0.4 is 0 Å². The number of carbonyl (C=O) groups is 1. The fourth-order valence-corrected chi connectivity index (χ4v) is 1.06. The van der Waals surface area contributed by atoms with E-state index in [1.165, 1.54) is 6.92 Å². The fourth-order valence-electron chi connectivity index (χ4n) is 1.06. The first-order valence-electron chi connectivity index (χ1n) is 4.02. The molecule has 70 valence electrons. The van der Waals surface area contributed by atoms with Gasteiger partial charge in [0.15, 0.2) is 0 Å². The molecule has 0 spiro atoms. The third-order valence-electron chi connectivity index (χ3n) is 1.87. The predicted molar refractivity (Wildman–Crippen MR) is 41.6 cm³/mol. The SMILES string of the molecule is C[C@H](O)C(=O)OC1(C)CCOC1. The van der Waals surface area contributed by atoms with Gasteiger partial charge in [0.1, 0.15) is 11.7 Å². The Bertz CT molecular complexity index is 170. The van der Waals surface area contributed by atoms with Crippen molar-refractivity contribution >= 4 is 5.97 Å². The van der Waals surface area contributed by atoms with Gasteiger partial charge in [0.2, 0.25) is 0 Å². The van der Waals surface area contributed by atoms with Crippen molar-refractivity contribution in [2.45, 2.75) is 32.0 Å². The van der Waals surface area contributed by atoms with Crippen LogP contribution in [0.5, 0.6) is 0 Å². The average molecular weight is 174 g/mol. The summed E-state index contributed by atoms with van der Waals surface area (Å²) in [5.74, 6) is -0.581. The van der Waals surface area contributed by atoms with Crippen LogP contribution in [0.2, 0.25) is 0 Å². The van der Waals surface area contributed by atoms with E-state index in [9.17, 15) is 4.79 Å². The highest BCUT2D eigenvalue weighted by Crippen LogP contribution is 2.22. The maximum Gasteiger partial charge on any atom is 0.335 e. The standard InChI is InChI=1S/C8H14O4/c1-6(9)7(10)12-8(2)3-4-11-5-8/h6,9H,3-5H2,1-2H3/t6-,8?/m0/s1. The third-order valence-corrected chi connectivity index (χ3v) is 1.87. The van der Waals surface area contributed by atoms with E-state index in [0.29, 0.717) is 19.6 Å². The Morgan fingerprint density at radius 1 is 1.75 bits per heavy atom. The van der Waals surface area contributed by atoms with Gasteiger partial charge in [-0.3, -0.25) is 0 Å². The molecule has 0 aromatic carbocycles. The van der Waals surface area contributed by atoms with Gasteiger partial charge in [-0.25, -0.2) is 4.79 Å². The molecule has 12 heavy (non-hydrogen) atoms. The molecular weight excluding hydrogens is 160 g/mol. The first-order chi connectivity index (χ1) is 5.53. The predicted octanol–water partition coefficient (Wildman–Crippen LogP) is 0.0894. The van der Waals surface area contributed by atoms with E-state index in [2.05, 4.69) is 0 Å². The van der Waals surface area contributed by atoms with Crippen LogP contribution in [-0.2, 0) is 14.3 Å². The van der Waals surface area contributed by atoms with Crippen molar-refractivity contribution in [3.8, 4) is 0 Å². The highest BCUT2D eigenvalue weighted by molar-refractivity contribution is 5.74. The molecule has 1 heterocycles. The Hall–Kier alpha value is -0.610. The number of aliphatic hydroxyl groups excluding tert-OH is 1. The molecule has 4 nitrogen and oxygen atoms in total. The molecule has 0 aliphatic carbocycles. The lowest BCUT2D eigenvalue weighted by atomic mass is 10.1. The number of ether oxygens (including phenoxy) is 2. The van der Waals surface area contributed by atoms with Crippen LogP contribution in [0.4, 0.5) is 0 Å². The second-order valence-electron chi connectivity index (χ2n) is 3.35. The molecule has 1 saturated heterocycles. The topological polar surface area (TPSA) is 55.8 Å². The van der Waals surface area contributed by atoms with E-state index in [0.717, 1.165) is 0 Å². The van der Waals surface area contributed by atoms with Crippen LogP contribution in [-0.4, -0.2) is 36.0 Å². The minimum atomic E-state index is -1.05. The van der Waals surface area contributed by atoms with Gasteiger partial charge in [-0.05, 0) is 13.8 Å². The number of esters is 1. The summed E-state index contributed by atoms with van der Waals surface area (Å²) in [5.41, 5.74) is -0.534. The summed E-state index contributed by atoms with van der Waals surface area (Å²) in [4.78, 5) is 11.0. The Kier molecular flexibility index (Phi) is 2.69. The van der Waals surface area contributed by atoms with Gasteiger partial charge in [0.05, 0.1) is 13.2 Å². The van der Waals surface area contributed by atoms with Gasteiger partial charge >= 0.3 is 5.97 Å². The molecule has 0 bridgehead atoms. The van der Waals surface area contributed by atoms with Crippen molar-refractivity contribution in [3.63, 3.8) is 0 Å². The van der Waals surface area contributed by atoms with E-state index in [1.807, 2.05) is 0 Å². The maximum absolute atomic E-state index is 11.0. The lowest BCUT2D eigenvalue weighted by Crippen LogP contribution is -2.35.